The zero-order valence-corrected chi connectivity index (χ0v) is 14.0. The fourth-order valence-electron chi connectivity index (χ4n) is 3.22. The van der Waals surface area contributed by atoms with E-state index in [0.29, 0.717) is 5.41 Å². The highest BCUT2D eigenvalue weighted by atomic mass is 79.9. The van der Waals surface area contributed by atoms with Crippen LogP contribution in [0.15, 0.2) is 22.7 Å². The molecule has 1 aliphatic heterocycles. The number of piperidine rings is 1. The lowest BCUT2D eigenvalue weighted by Crippen LogP contribution is -2.40. The second-order valence-electron chi connectivity index (χ2n) is 5.74. The van der Waals surface area contributed by atoms with Crippen molar-refractivity contribution in [1.82, 2.24) is 0 Å². The molecule has 20 heavy (non-hydrogen) atoms. The third kappa shape index (κ3) is 2.85. The van der Waals surface area contributed by atoms with Gasteiger partial charge in [-0.3, -0.25) is 5.41 Å². The first-order chi connectivity index (χ1) is 9.53. The fraction of sp³-hybridized carbons (Fsp3) is 0.562. The quantitative estimate of drug-likeness (QED) is 0.640. The summed E-state index contributed by atoms with van der Waals surface area (Å²) in [5.74, 6) is 0.135. The van der Waals surface area contributed by atoms with Crippen molar-refractivity contribution >= 4 is 27.5 Å². The van der Waals surface area contributed by atoms with E-state index in [1.165, 1.54) is 25.7 Å². The van der Waals surface area contributed by atoms with Gasteiger partial charge in [0, 0.05) is 23.2 Å². The van der Waals surface area contributed by atoms with Gasteiger partial charge in [-0.15, -0.1) is 0 Å². The predicted octanol–water partition coefficient (Wildman–Crippen LogP) is 4.14. The second-order valence-corrected chi connectivity index (χ2v) is 6.60. The summed E-state index contributed by atoms with van der Waals surface area (Å²) >= 11 is 3.52. The highest BCUT2D eigenvalue weighted by Crippen LogP contribution is 2.40. The molecule has 0 spiro atoms. The van der Waals surface area contributed by atoms with Crippen LogP contribution in [0.2, 0.25) is 0 Å². The number of benzene rings is 1. The predicted molar refractivity (Wildman–Crippen MR) is 89.6 cm³/mol. The average Bonchev–Trinajstić information content (AvgIpc) is 2.46. The van der Waals surface area contributed by atoms with Crippen molar-refractivity contribution in [2.45, 2.75) is 39.5 Å². The Labute approximate surface area is 130 Å². The van der Waals surface area contributed by atoms with Crippen molar-refractivity contribution in [1.29, 1.82) is 5.41 Å². The summed E-state index contributed by atoms with van der Waals surface area (Å²) in [7, 11) is 0. The zero-order chi connectivity index (χ0) is 14.8. The minimum atomic E-state index is 0.135. The Morgan fingerprint density at radius 1 is 1.30 bits per heavy atom. The smallest absolute Gasteiger partial charge is 0.126 e. The van der Waals surface area contributed by atoms with Crippen LogP contribution in [0.5, 0.6) is 0 Å². The molecule has 0 unspecified atom stereocenters. The first-order valence-electron chi connectivity index (χ1n) is 7.41. The van der Waals surface area contributed by atoms with Crippen LogP contribution >= 0.6 is 15.9 Å². The van der Waals surface area contributed by atoms with Crippen molar-refractivity contribution in [3.63, 3.8) is 0 Å². The molecular weight excluding hydrogens is 314 g/mol. The van der Waals surface area contributed by atoms with Crippen LogP contribution in [0.25, 0.3) is 0 Å². The lowest BCUT2D eigenvalue weighted by molar-refractivity contribution is 0.199. The van der Waals surface area contributed by atoms with Crippen LogP contribution in [0.3, 0.4) is 0 Å². The second kappa shape index (κ2) is 6.17. The molecule has 1 aromatic rings. The summed E-state index contributed by atoms with van der Waals surface area (Å²) in [5.41, 5.74) is 8.18. The van der Waals surface area contributed by atoms with Gasteiger partial charge in [-0.2, -0.15) is 0 Å². The monoisotopic (exact) mass is 337 g/mol. The van der Waals surface area contributed by atoms with E-state index in [1.54, 1.807) is 0 Å². The number of hydrogen-bond donors (Lipinski definition) is 2. The lowest BCUT2D eigenvalue weighted by Gasteiger charge is -2.42. The highest BCUT2D eigenvalue weighted by Gasteiger charge is 2.32. The topological polar surface area (TPSA) is 53.1 Å². The molecule has 1 fully saturated rings. The fourth-order valence-corrected chi connectivity index (χ4v) is 3.79. The minimum Gasteiger partial charge on any atom is -0.384 e. The van der Waals surface area contributed by atoms with Crippen molar-refractivity contribution in [3.8, 4) is 0 Å². The van der Waals surface area contributed by atoms with Crippen molar-refractivity contribution < 1.29 is 0 Å². The third-order valence-corrected chi connectivity index (χ3v) is 5.59. The van der Waals surface area contributed by atoms with E-state index in [2.05, 4.69) is 40.7 Å². The molecule has 0 aromatic heterocycles. The summed E-state index contributed by atoms with van der Waals surface area (Å²) in [6.07, 6.45) is 4.97. The van der Waals surface area contributed by atoms with Gasteiger partial charge in [0.1, 0.15) is 5.84 Å². The SMILES string of the molecule is CCC1(CC)CCN(c2cccc(Br)c2C(=N)N)CC1. The number of nitrogens with zero attached hydrogens (tertiary/aromatic N) is 1. The van der Waals surface area contributed by atoms with Gasteiger partial charge in [-0.1, -0.05) is 32.8 Å². The molecule has 3 N–H and O–H groups in total. The Kier molecular flexibility index (Phi) is 4.74. The van der Waals surface area contributed by atoms with Gasteiger partial charge >= 0.3 is 0 Å². The Bertz CT molecular complexity index is 484. The largest absolute Gasteiger partial charge is 0.384 e. The van der Waals surface area contributed by atoms with Crippen molar-refractivity contribution in [3.05, 3.63) is 28.2 Å². The van der Waals surface area contributed by atoms with Crippen LogP contribution < -0.4 is 10.6 Å². The maximum atomic E-state index is 7.81. The molecule has 1 saturated heterocycles. The van der Waals surface area contributed by atoms with Crippen molar-refractivity contribution in [2.24, 2.45) is 11.1 Å². The number of anilines is 1. The Morgan fingerprint density at radius 3 is 2.40 bits per heavy atom. The van der Waals surface area contributed by atoms with Crippen LogP contribution in [0.4, 0.5) is 5.69 Å². The normalized spacial score (nSPS) is 18.1. The van der Waals surface area contributed by atoms with Gasteiger partial charge in [0.15, 0.2) is 0 Å². The molecule has 0 radical (unpaired) electrons. The number of nitrogen functional groups attached to an aromatic ring is 1. The van der Waals surface area contributed by atoms with Gasteiger partial charge < -0.3 is 10.6 Å². The van der Waals surface area contributed by atoms with Crippen LogP contribution in [0.1, 0.15) is 45.1 Å². The van der Waals surface area contributed by atoms with E-state index < -0.39 is 0 Å². The van der Waals surface area contributed by atoms with Gasteiger partial charge in [0.25, 0.3) is 0 Å². The van der Waals surface area contributed by atoms with Crippen molar-refractivity contribution in [2.75, 3.05) is 18.0 Å². The van der Waals surface area contributed by atoms with Gasteiger partial charge in [-0.25, -0.2) is 0 Å². The van der Waals surface area contributed by atoms with Crippen LogP contribution in [-0.2, 0) is 0 Å². The molecule has 1 aliphatic rings. The highest BCUT2D eigenvalue weighted by molar-refractivity contribution is 9.10. The van der Waals surface area contributed by atoms with E-state index in [1.807, 2.05) is 12.1 Å². The Balaban J connectivity index is 2.23. The Hall–Kier alpha value is -1.03. The summed E-state index contributed by atoms with van der Waals surface area (Å²) in [4.78, 5) is 2.38. The first kappa shape index (κ1) is 15.4. The summed E-state index contributed by atoms with van der Waals surface area (Å²) in [6.45, 7) is 6.72. The third-order valence-electron chi connectivity index (χ3n) is 4.93. The molecule has 0 aliphatic carbocycles. The molecule has 0 atom stereocenters. The molecule has 2 rings (SSSR count). The van der Waals surface area contributed by atoms with Gasteiger partial charge in [0.2, 0.25) is 0 Å². The maximum absolute atomic E-state index is 7.81. The number of amidine groups is 1. The molecular formula is C16H24BrN3. The van der Waals surface area contributed by atoms with E-state index in [4.69, 9.17) is 11.1 Å². The van der Waals surface area contributed by atoms with Gasteiger partial charge in [0.05, 0.1) is 5.56 Å². The Morgan fingerprint density at radius 2 is 1.90 bits per heavy atom. The van der Waals surface area contributed by atoms with Gasteiger partial charge in [-0.05, 0) is 46.3 Å². The minimum absolute atomic E-state index is 0.135. The number of hydrogen-bond acceptors (Lipinski definition) is 2. The summed E-state index contributed by atoms with van der Waals surface area (Å²) in [6, 6.07) is 6.05. The molecule has 1 heterocycles. The van der Waals surface area contributed by atoms with E-state index in [-0.39, 0.29) is 5.84 Å². The summed E-state index contributed by atoms with van der Waals surface area (Å²) in [5, 5.41) is 7.81. The van der Waals surface area contributed by atoms with Crippen LogP contribution in [0, 0.1) is 10.8 Å². The first-order valence-corrected chi connectivity index (χ1v) is 8.20. The molecule has 110 valence electrons. The van der Waals surface area contributed by atoms with Crippen LogP contribution in [-0.4, -0.2) is 18.9 Å². The lowest BCUT2D eigenvalue weighted by atomic mass is 9.74. The maximum Gasteiger partial charge on any atom is 0.126 e. The zero-order valence-electron chi connectivity index (χ0n) is 12.4. The molecule has 0 amide bonds. The molecule has 1 aromatic carbocycles. The molecule has 0 saturated carbocycles. The number of rotatable bonds is 4. The van der Waals surface area contributed by atoms with E-state index in [9.17, 15) is 0 Å². The molecule has 0 bridgehead atoms. The average molecular weight is 338 g/mol. The molecule has 3 nitrogen and oxygen atoms in total. The standard InChI is InChI=1S/C16H24BrN3/c1-3-16(4-2)8-10-20(11-9-16)13-7-5-6-12(17)14(13)15(18)19/h5-7H,3-4,8-11H2,1-2H3,(H3,18,19). The number of halogens is 1. The van der Waals surface area contributed by atoms with E-state index >= 15 is 0 Å². The van der Waals surface area contributed by atoms with E-state index in [0.717, 1.165) is 28.8 Å². The molecule has 4 heteroatoms. The number of nitrogens with one attached hydrogen (secondary N) is 1. The summed E-state index contributed by atoms with van der Waals surface area (Å²) < 4.78 is 0.908. The number of nitrogens with two attached hydrogens (primary N) is 1.